The van der Waals surface area contributed by atoms with Crippen LogP contribution in [0.25, 0.3) is 0 Å². The van der Waals surface area contributed by atoms with Gasteiger partial charge in [0.25, 0.3) is 0 Å². The molecule has 4 aromatic carbocycles. The first-order valence-corrected chi connectivity index (χ1v) is 17.8. The number of fused-ring (bicyclic) bond motifs is 4. The van der Waals surface area contributed by atoms with E-state index in [1.165, 1.54) is 9.80 Å². The number of hydrogen-bond acceptors (Lipinski definition) is 6. The van der Waals surface area contributed by atoms with Crippen molar-refractivity contribution in [3.8, 4) is 5.75 Å². The van der Waals surface area contributed by atoms with Crippen LogP contribution in [0.3, 0.4) is 0 Å². The zero-order chi connectivity index (χ0) is 34.7. The number of carbonyl (C=O) groups is 4. The Morgan fingerprint density at radius 3 is 2.28 bits per heavy atom. The Kier molecular flexibility index (Phi) is 8.25. The number of ether oxygens (including phenoxy) is 1. The minimum absolute atomic E-state index is 0.0231. The number of allylic oxidation sites excluding steroid dienone is 2. The number of imide groups is 2. The van der Waals surface area contributed by atoms with Crippen molar-refractivity contribution in [3.63, 3.8) is 0 Å². The fraction of sp³-hybridized carbons (Fsp3) is 0.250. The Morgan fingerprint density at radius 1 is 0.800 bits per heavy atom. The van der Waals surface area contributed by atoms with Crippen LogP contribution < -0.4 is 14.5 Å². The molecule has 1 saturated carbocycles. The van der Waals surface area contributed by atoms with E-state index < -0.39 is 40.9 Å². The molecule has 3 fully saturated rings. The van der Waals surface area contributed by atoms with Crippen LogP contribution in [-0.4, -0.2) is 41.9 Å². The number of aliphatic hydroxyl groups excluding tert-OH is 1. The van der Waals surface area contributed by atoms with Crippen molar-refractivity contribution in [2.45, 2.75) is 24.2 Å². The molecule has 2 aliphatic heterocycles. The van der Waals surface area contributed by atoms with Crippen LogP contribution in [0.2, 0.25) is 5.02 Å². The van der Waals surface area contributed by atoms with Gasteiger partial charge in [0, 0.05) is 21.0 Å². The summed E-state index contributed by atoms with van der Waals surface area (Å²) in [5.41, 5.74) is 1.60. The zero-order valence-corrected chi connectivity index (χ0v) is 29.1. The third-order valence-electron chi connectivity index (χ3n) is 10.8. The predicted octanol–water partition coefficient (Wildman–Crippen LogP) is 6.84. The van der Waals surface area contributed by atoms with Gasteiger partial charge < -0.3 is 9.84 Å². The van der Waals surface area contributed by atoms with Gasteiger partial charge >= 0.3 is 0 Å². The number of amides is 4. The number of halogens is 2. The quantitative estimate of drug-likeness (QED) is 0.164. The third-order valence-corrected chi connectivity index (χ3v) is 11.6. The average Bonchev–Trinajstić information content (AvgIpc) is 3.52. The van der Waals surface area contributed by atoms with Crippen LogP contribution in [0.15, 0.2) is 119 Å². The summed E-state index contributed by atoms with van der Waals surface area (Å²) in [6.45, 7) is -0.196. The smallest absolute Gasteiger partial charge is 0.246 e. The van der Waals surface area contributed by atoms with E-state index in [1.54, 1.807) is 54.6 Å². The summed E-state index contributed by atoms with van der Waals surface area (Å²) < 4.78 is 6.93. The normalized spacial score (nSPS) is 27.2. The second-order valence-electron chi connectivity index (χ2n) is 13.2. The molecule has 2 saturated heterocycles. The number of hydrogen-bond donors (Lipinski definition) is 1. The minimum atomic E-state index is -1.43. The monoisotopic (exact) mass is 750 g/mol. The summed E-state index contributed by atoms with van der Waals surface area (Å²) >= 11 is 9.84. The van der Waals surface area contributed by atoms with Crippen LogP contribution in [0.5, 0.6) is 5.75 Å². The van der Waals surface area contributed by atoms with Gasteiger partial charge in [-0.15, -0.1) is 0 Å². The Labute approximate surface area is 302 Å². The second kappa shape index (κ2) is 12.6. The van der Waals surface area contributed by atoms with E-state index in [4.69, 9.17) is 16.3 Å². The van der Waals surface area contributed by atoms with Gasteiger partial charge in [0.2, 0.25) is 23.6 Å². The molecule has 8 nitrogen and oxygen atoms in total. The van der Waals surface area contributed by atoms with E-state index >= 15 is 4.79 Å². The number of para-hydroxylation sites is 1. The van der Waals surface area contributed by atoms with E-state index in [9.17, 15) is 19.5 Å². The first-order chi connectivity index (χ1) is 24.3. The summed E-state index contributed by atoms with van der Waals surface area (Å²) in [4.78, 5) is 61.3. The summed E-state index contributed by atoms with van der Waals surface area (Å²) in [7, 11) is 0. The van der Waals surface area contributed by atoms with Crippen molar-refractivity contribution in [1.29, 1.82) is 0 Å². The molecular formula is C40H32BrClN2O6. The Balaban J connectivity index is 1.36. The summed E-state index contributed by atoms with van der Waals surface area (Å²) in [5, 5.41) is 10.1. The Hall–Kier alpha value is -4.57. The lowest BCUT2D eigenvalue weighted by atomic mass is 9.49. The van der Waals surface area contributed by atoms with Gasteiger partial charge in [-0.05, 0) is 72.9 Å². The fourth-order valence-corrected chi connectivity index (χ4v) is 9.39. The molecule has 1 N–H and O–H groups in total. The maximum absolute atomic E-state index is 15.4. The highest BCUT2D eigenvalue weighted by atomic mass is 79.9. The largest absolute Gasteiger partial charge is 0.491 e. The van der Waals surface area contributed by atoms with Crippen molar-refractivity contribution >= 4 is 62.5 Å². The lowest BCUT2D eigenvalue weighted by Gasteiger charge is -2.51. The maximum atomic E-state index is 15.4. The average molecular weight is 752 g/mol. The molecule has 0 unspecified atom stereocenters. The van der Waals surface area contributed by atoms with E-state index in [0.29, 0.717) is 39.7 Å². The van der Waals surface area contributed by atoms with Gasteiger partial charge in [0.05, 0.1) is 41.2 Å². The molecular weight excluding hydrogens is 720 g/mol. The van der Waals surface area contributed by atoms with E-state index in [-0.39, 0.29) is 37.4 Å². The first-order valence-electron chi connectivity index (χ1n) is 16.6. The third kappa shape index (κ3) is 4.81. The Morgan fingerprint density at radius 2 is 1.54 bits per heavy atom. The molecule has 2 aliphatic carbocycles. The maximum Gasteiger partial charge on any atom is 0.246 e. The van der Waals surface area contributed by atoms with E-state index in [2.05, 4.69) is 15.9 Å². The molecule has 0 bridgehead atoms. The SMILES string of the molecule is O=C1[C@H]2[C@H](CC=C3[C@H]2C[C@H]2C(=O)N(c4cccc(Cl)c4)C(=O)[C@@]2(c2ccccc2)[C@H]3c2ccccc2OCCO)C(=O)N1c1ccc(Br)cc1. The van der Waals surface area contributed by atoms with Gasteiger partial charge in [-0.1, -0.05) is 93.8 Å². The molecule has 6 atom stereocenters. The first kappa shape index (κ1) is 32.6. The van der Waals surface area contributed by atoms with Crippen LogP contribution in [-0.2, 0) is 24.6 Å². The highest BCUT2D eigenvalue weighted by Crippen LogP contribution is 2.65. The molecule has 4 aliphatic rings. The van der Waals surface area contributed by atoms with Crippen LogP contribution in [0, 0.1) is 23.7 Å². The molecule has 10 heteroatoms. The van der Waals surface area contributed by atoms with Gasteiger partial charge in [-0.3, -0.25) is 24.1 Å². The number of carbonyl (C=O) groups excluding carboxylic acids is 4. The zero-order valence-electron chi connectivity index (χ0n) is 26.7. The number of anilines is 2. The lowest BCUT2D eigenvalue weighted by Crippen LogP contribution is -2.53. The Bertz CT molecular complexity index is 2070. The van der Waals surface area contributed by atoms with Gasteiger partial charge in [-0.2, -0.15) is 0 Å². The highest BCUT2D eigenvalue weighted by Gasteiger charge is 2.70. The molecule has 2 heterocycles. The number of aliphatic hydroxyl groups is 1. The molecule has 50 heavy (non-hydrogen) atoms. The minimum Gasteiger partial charge on any atom is -0.491 e. The van der Waals surface area contributed by atoms with Gasteiger partial charge in [0.1, 0.15) is 12.4 Å². The lowest BCUT2D eigenvalue weighted by molar-refractivity contribution is -0.127. The molecule has 4 amide bonds. The van der Waals surface area contributed by atoms with Crippen molar-refractivity contribution in [2.75, 3.05) is 23.0 Å². The molecule has 8 rings (SSSR count). The number of rotatable bonds is 7. The van der Waals surface area contributed by atoms with Crippen LogP contribution >= 0.6 is 27.5 Å². The molecule has 0 spiro atoms. The van der Waals surface area contributed by atoms with Gasteiger partial charge in [0.15, 0.2) is 0 Å². The van der Waals surface area contributed by atoms with Crippen LogP contribution in [0.4, 0.5) is 11.4 Å². The predicted molar refractivity (Wildman–Crippen MR) is 192 cm³/mol. The van der Waals surface area contributed by atoms with Crippen molar-refractivity contribution in [2.24, 2.45) is 23.7 Å². The number of benzene rings is 4. The molecule has 4 aromatic rings. The van der Waals surface area contributed by atoms with E-state index in [1.807, 2.05) is 54.6 Å². The van der Waals surface area contributed by atoms with Crippen molar-refractivity contribution in [1.82, 2.24) is 0 Å². The standard InChI is InChI=1S/C40H32BrClN2O6/c41-24-13-15-26(16-14-24)43-36(46)30-18-17-28-31(34(30)38(43)48)22-32-37(47)44(27-10-6-9-25(42)21-27)39(49)40(32,23-7-2-1-3-8-23)35(28)29-11-4-5-12-33(29)50-20-19-45/h1-17,21,30-32,34-35,45H,18-20,22H2/t30-,31+,32-,34-,35+,40+/m0/s1. The highest BCUT2D eigenvalue weighted by molar-refractivity contribution is 9.10. The molecule has 252 valence electrons. The topological polar surface area (TPSA) is 104 Å². The number of nitrogens with zero attached hydrogens (tertiary/aromatic N) is 2. The van der Waals surface area contributed by atoms with Crippen molar-refractivity contribution in [3.05, 3.63) is 135 Å². The second-order valence-corrected chi connectivity index (χ2v) is 14.5. The summed E-state index contributed by atoms with van der Waals surface area (Å²) in [5.74, 6) is -4.37. The fourth-order valence-electron chi connectivity index (χ4n) is 8.94. The van der Waals surface area contributed by atoms with Crippen molar-refractivity contribution < 1.29 is 29.0 Å². The molecule has 0 aromatic heterocycles. The van der Waals surface area contributed by atoms with Gasteiger partial charge in [-0.25, -0.2) is 4.90 Å². The summed E-state index contributed by atoms with van der Waals surface area (Å²) in [6, 6.07) is 30.5. The molecule has 0 radical (unpaired) electrons. The summed E-state index contributed by atoms with van der Waals surface area (Å²) in [6.07, 6.45) is 2.52. The van der Waals surface area contributed by atoms with E-state index in [0.717, 1.165) is 10.0 Å². The van der Waals surface area contributed by atoms with Crippen LogP contribution in [0.1, 0.15) is 29.9 Å².